The van der Waals surface area contributed by atoms with Crippen molar-refractivity contribution in [3.05, 3.63) is 11.9 Å². The van der Waals surface area contributed by atoms with Gasteiger partial charge in [0.25, 0.3) is 0 Å². The molecule has 1 N–H and O–H groups in total. The third kappa shape index (κ3) is 1.63. The fourth-order valence-electron chi connectivity index (χ4n) is 1.32. The van der Waals surface area contributed by atoms with Gasteiger partial charge in [-0.25, -0.2) is 0 Å². The second kappa shape index (κ2) is 3.47. The van der Waals surface area contributed by atoms with Crippen molar-refractivity contribution in [1.29, 1.82) is 0 Å². The highest BCUT2D eigenvalue weighted by molar-refractivity contribution is 6.99. The summed E-state index contributed by atoms with van der Waals surface area (Å²) >= 11 is 1.20. The maximum atomic E-state index is 9.42. The van der Waals surface area contributed by atoms with Crippen LogP contribution in [0.2, 0.25) is 0 Å². The van der Waals surface area contributed by atoms with Gasteiger partial charge in [0, 0.05) is 5.92 Å². The molecule has 4 nitrogen and oxygen atoms in total. The molecular formula is C7H10N2O2S. The Morgan fingerprint density at radius 1 is 1.67 bits per heavy atom. The average molecular weight is 186 g/mol. The van der Waals surface area contributed by atoms with E-state index in [1.807, 2.05) is 0 Å². The van der Waals surface area contributed by atoms with Gasteiger partial charge in [-0.15, -0.1) is 0 Å². The summed E-state index contributed by atoms with van der Waals surface area (Å²) in [6.07, 6.45) is 2.19. The number of nitrogens with zero attached hydrogens (tertiary/aromatic N) is 2. The predicted molar refractivity (Wildman–Crippen MR) is 43.9 cm³/mol. The zero-order chi connectivity index (χ0) is 8.39. The highest BCUT2D eigenvalue weighted by Crippen LogP contribution is 2.17. The fraction of sp³-hybridized carbons (Fsp3) is 0.714. The van der Waals surface area contributed by atoms with Gasteiger partial charge < -0.3 is 9.84 Å². The molecule has 0 radical (unpaired) electrons. The SMILES string of the molecule is O[C@@H]1COC[C@H]1Cc1cnsn1. The molecule has 1 aromatic rings. The van der Waals surface area contributed by atoms with Crippen molar-refractivity contribution in [3.8, 4) is 0 Å². The number of aliphatic hydroxyl groups excluding tert-OH is 1. The molecule has 1 fully saturated rings. The van der Waals surface area contributed by atoms with Crippen LogP contribution >= 0.6 is 11.7 Å². The lowest BCUT2D eigenvalue weighted by atomic mass is 10.0. The maximum Gasteiger partial charge on any atom is 0.0827 e. The van der Waals surface area contributed by atoms with E-state index in [4.69, 9.17) is 4.74 Å². The lowest BCUT2D eigenvalue weighted by Crippen LogP contribution is -2.19. The molecule has 1 aliphatic heterocycles. The van der Waals surface area contributed by atoms with Crippen molar-refractivity contribution in [2.24, 2.45) is 5.92 Å². The van der Waals surface area contributed by atoms with E-state index in [9.17, 15) is 5.11 Å². The summed E-state index contributed by atoms with van der Waals surface area (Å²) in [5, 5.41) is 9.42. The van der Waals surface area contributed by atoms with E-state index in [-0.39, 0.29) is 12.0 Å². The van der Waals surface area contributed by atoms with Gasteiger partial charge in [0.15, 0.2) is 0 Å². The summed E-state index contributed by atoms with van der Waals surface area (Å²) in [6, 6.07) is 0. The molecule has 2 atom stereocenters. The summed E-state index contributed by atoms with van der Waals surface area (Å²) in [5.74, 6) is 0.203. The van der Waals surface area contributed by atoms with Crippen molar-refractivity contribution in [1.82, 2.24) is 8.75 Å². The average Bonchev–Trinajstić information content (AvgIpc) is 2.65. The molecular weight excluding hydrogens is 176 g/mol. The number of ether oxygens (including phenoxy) is 1. The summed E-state index contributed by atoms with van der Waals surface area (Å²) in [6.45, 7) is 1.10. The first-order valence-corrected chi connectivity index (χ1v) is 4.61. The van der Waals surface area contributed by atoms with Crippen LogP contribution in [0.25, 0.3) is 0 Å². The highest BCUT2D eigenvalue weighted by Gasteiger charge is 2.26. The number of hydrogen-bond acceptors (Lipinski definition) is 5. The van der Waals surface area contributed by atoms with Crippen molar-refractivity contribution in [2.45, 2.75) is 12.5 Å². The van der Waals surface area contributed by atoms with Gasteiger partial charge in [0.2, 0.25) is 0 Å². The minimum Gasteiger partial charge on any atom is -0.390 e. The van der Waals surface area contributed by atoms with Gasteiger partial charge in [0.05, 0.1) is 42.9 Å². The lowest BCUT2D eigenvalue weighted by Gasteiger charge is -2.08. The molecule has 1 aromatic heterocycles. The number of hydrogen-bond donors (Lipinski definition) is 1. The molecule has 2 rings (SSSR count). The Labute approximate surface area is 74.5 Å². The van der Waals surface area contributed by atoms with Crippen LogP contribution in [-0.2, 0) is 11.2 Å². The molecule has 12 heavy (non-hydrogen) atoms. The Morgan fingerprint density at radius 3 is 3.17 bits per heavy atom. The fourth-order valence-corrected chi connectivity index (χ4v) is 1.77. The summed E-state index contributed by atoms with van der Waals surface area (Å²) in [5.41, 5.74) is 0.953. The van der Waals surface area contributed by atoms with E-state index in [2.05, 4.69) is 8.75 Å². The molecule has 66 valence electrons. The zero-order valence-corrected chi connectivity index (χ0v) is 7.33. The normalized spacial score (nSPS) is 29.4. The van der Waals surface area contributed by atoms with Crippen LogP contribution in [0.15, 0.2) is 6.20 Å². The van der Waals surface area contributed by atoms with Crippen molar-refractivity contribution < 1.29 is 9.84 Å². The Balaban J connectivity index is 1.95. The summed E-state index contributed by atoms with van der Waals surface area (Å²) in [7, 11) is 0. The minimum absolute atomic E-state index is 0.203. The molecule has 1 aliphatic rings. The first-order valence-electron chi connectivity index (χ1n) is 3.88. The van der Waals surface area contributed by atoms with Gasteiger partial charge >= 0.3 is 0 Å². The van der Waals surface area contributed by atoms with Gasteiger partial charge in [-0.05, 0) is 6.42 Å². The summed E-state index contributed by atoms with van der Waals surface area (Å²) < 4.78 is 13.1. The molecule has 0 aliphatic carbocycles. The van der Waals surface area contributed by atoms with Crippen molar-refractivity contribution in [3.63, 3.8) is 0 Å². The largest absolute Gasteiger partial charge is 0.390 e. The van der Waals surface area contributed by atoms with E-state index in [1.165, 1.54) is 11.7 Å². The van der Waals surface area contributed by atoms with Crippen LogP contribution < -0.4 is 0 Å². The standard InChI is InChI=1S/C7H10N2O2S/c10-7-4-11-3-5(7)1-6-2-8-12-9-6/h2,5,7,10H,1,3-4H2/t5-,7-/m1/s1. The number of aliphatic hydroxyl groups is 1. The van der Waals surface area contributed by atoms with Crippen molar-refractivity contribution >= 4 is 11.7 Å². The molecule has 0 aromatic carbocycles. The predicted octanol–water partition coefficient (Wildman–Crippen LogP) is 0.0879. The van der Waals surface area contributed by atoms with E-state index in [0.29, 0.717) is 13.2 Å². The molecule has 0 amide bonds. The Hall–Kier alpha value is -0.520. The first kappa shape index (κ1) is 8.10. The molecule has 2 heterocycles. The quantitative estimate of drug-likeness (QED) is 0.711. The topological polar surface area (TPSA) is 55.2 Å². The van der Waals surface area contributed by atoms with E-state index < -0.39 is 0 Å². The van der Waals surface area contributed by atoms with Crippen LogP contribution in [-0.4, -0.2) is 33.2 Å². The van der Waals surface area contributed by atoms with Gasteiger partial charge in [-0.2, -0.15) is 8.75 Å². The maximum absolute atomic E-state index is 9.42. The first-order chi connectivity index (χ1) is 5.86. The van der Waals surface area contributed by atoms with Crippen LogP contribution in [0.3, 0.4) is 0 Å². The second-order valence-corrected chi connectivity index (χ2v) is 3.52. The Bertz CT molecular complexity index is 240. The van der Waals surface area contributed by atoms with Crippen LogP contribution in [0.1, 0.15) is 5.69 Å². The molecule has 5 heteroatoms. The van der Waals surface area contributed by atoms with E-state index in [0.717, 1.165) is 12.1 Å². The molecule has 0 unspecified atom stereocenters. The second-order valence-electron chi connectivity index (χ2n) is 2.97. The van der Waals surface area contributed by atoms with E-state index in [1.54, 1.807) is 6.20 Å². The zero-order valence-electron chi connectivity index (χ0n) is 6.51. The van der Waals surface area contributed by atoms with Crippen LogP contribution in [0.5, 0.6) is 0 Å². The lowest BCUT2D eigenvalue weighted by molar-refractivity contribution is 0.118. The Kier molecular flexibility index (Phi) is 2.34. The summed E-state index contributed by atoms with van der Waals surface area (Å²) in [4.78, 5) is 0. The van der Waals surface area contributed by atoms with E-state index >= 15 is 0 Å². The minimum atomic E-state index is -0.327. The van der Waals surface area contributed by atoms with Crippen LogP contribution in [0, 0.1) is 5.92 Å². The monoisotopic (exact) mass is 186 g/mol. The molecule has 1 saturated heterocycles. The van der Waals surface area contributed by atoms with Crippen LogP contribution in [0.4, 0.5) is 0 Å². The number of aromatic nitrogens is 2. The Morgan fingerprint density at radius 2 is 2.58 bits per heavy atom. The van der Waals surface area contributed by atoms with Gasteiger partial charge in [-0.3, -0.25) is 0 Å². The third-order valence-corrected chi connectivity index (χ3v) is 2.56. The highest BCUT2D eigenvalue weighted by atomic mass is 32.1. The van der Waals surface area contributed by atoms with Gasteiger partial charge in [-0.1, -0.05) is 0 Å². The molecule has 0 spiro atoms. The third-order valence-electron chi connectivity index (χ3n) is 2.04. The van der Waals surface area contributed by atoms with Gasteiger partial charge in [0.1, 0.15) is 0 Å². The number of rotatable bonds is 2. The molecule has 0 bridgehead atoms. The van der Waals surface area contributed by atoms with Crippen molar-refractivity contribution in [2.75, 3.05) is 13.2 Å². The smallest absolute Gasteiger partial charge is 0.0827 e. The molecule has 0 saturated carbocycles.